The molecule has 0 aliphatic carbocycles. The van der Waals surface area contributed by atoms with Gasteiger partial charge in [-0.1, -0.05) is 35.5 Å². The van der Waals surface area contributed by atoms with Gasteiger partial charge in [0.15, 0.2) is 6.61 Å². The Hall–Kier alpha value is -3.68. The molecule has 1 saturated heterocycles. The van der Waals surface area contributed by atoms with Crippen LogP contribution >= 0.6 is 0 Å². The van der Waals surface area contributed by atoms with Gasteiger partial charge >= 0.3 is 0 Å². The number of rotatable bonds is 8. The smallest absolute Gasteiger partial charge is 0.261 e. The second-order valence-electron chi connectivity index (χ2n) is 8.21. The molecule has 8 heteroatoms. The minimum Gasteiger partial charge on any atom is -0.484 e. The predicted molar refractivity (Wildman–Crippen MR) is 127 cm³/mol. The van der Waals surface area contributed by atoms with E-state index >= 15 is 0 Å². The monoisotopic (exact) mass is 462 g/mol. The topological polar surface area (TPSA) is 88.8 Å². The Morgan fingerprint density at radius 3 is 2.50 bits per heavy atom. The number of piperidine rings is 1. The van der Waals surface area contributed by atoms with Crippen molar-refractivity contribution in [3.8, 4) is 17.1 Å². The zero-order valence-electron chi connectivity index (χ0n) is 19.6. The number of para-hydroxylation sites is 1. The van der Waals surface area contributed by atoms with E-state index in [4.69, 9.17) is 9.26 Å². The number of benzene rings is 2. The standard InChI is InChI=1S/C26H30N4O4/c1-3-29(4-2)26(32)20-15-13-19(14-16-20)24-27-25(34-28-24)22-12-8-9-17-30(22)23(31)18-33-21-10-6-5-7-11-21/h5-7,10-11,13-16,22H,3-4,8-9,12,17-18H2,1-2H3. The van der Waals surface area contributed by atoms with Gasteiger partial charge in [0.1, 0.15) is 11.8 Å². The summed E-state index contributed by atoms with van der Waals surface area (Å²) >= 11 is 0. The molecule has 1 aliphatic heterocycles. The molecule has 8 nitrogen and oxygen atoms in total. The van der Waals surface area contributed by atoms with Crippen LogP contribution in [0.4, 0.5) is 0 Å². The van der Waals surface area contributed by atoms with Crippen LogP contribution in [0.25, 0.3) is 11.4 Å². The van der Waals surface area contributed by atoms with E-state index in [0.29, 0.717) is 42.7 Å². The summed E-state index contributed by atoms with van der Waals surface area (Å²) in [5.74, 6) is 1.42. The molecule has 2 aromatic carbocycles. The van der Waals surface area contributed by atoms with Crippen molar-refractivity contribution in [2.75, 3.05) is 26.2 Å². The fourth-order valence-corrected chi connectivity index (χ4v) is 4.17. The van der Waals surface area contributed by atoms with Crippen molar-refractivity contribution >= 4 is 11.8 Å². The Bertz CT molecular complexity index is 1090. The molecule has 2 amide bonds. The zero-order chi connectivity index (χ0) is 23.9. The van der Waals surface area contributed by atoms with E-state index in [-0.39, 0.29) is 24.5 Å². The Kier molecular flexibility index (Phi) is 7.57. The van der Waals surface area contributed by atoms with Crippen LogP contribution in [0.5, 0.6) is 5.75 Å². The number of nitrogens with zero attached hydrogens (tertiary/aromatic N) is 4. The first-order valence-corrected chi connectivity index (χ1v) is 11.8. The fraction of sp³-hybridized carbons (Fsp3) is 0.385. The molecule has 0 N–H and O–H groups in total. The number of hydrogen-bond donors (Lipinski definition) is 0. The molecule has 0 radical (unpaired) electrons. The van der Waals surface area contributed by atoms with Crippen molar-refractivity contribution in [2.24, 2.45) is 0 Å². The summed E-state index contributed by atoms with van der Waals surface area (Å²) in [5.41, 5.74) is 1.38. The molecule has 1 aliphatic rings. The van der Waals surface area contributed by atoms with Crippen molar-refractivity contribution in [2.45, 2.75) is 39.2 Å². The van der Waals surface area contributed by atoms with Crippen LogP contribution in [0.2, 0.25) is 0 Å². The maximum atomic E-state index is 12.9. The quantitative estimate of drug-likeness (QED) is 0.494. The lowest BCUT2D eigenvalue weighted by Crippen LogP contribution is -2.41. The highest BCUT2D eigenvalue weighted by atomic mass is 16.5. The molecule has 1 aromatic heterocycles. The molecular weight excluding hydrogens is 432 g/mol. The lowest BCUT2D eigenvalue weighted by atomic mass is 10.0. The summed E-state index contributed by atoms with van der Waals surface area (Å²) in [5, 5.41) is 4.14. The number of hydrogen-bond acceptors (Lipinski definition) is 6. The summed E-state index contributed by atoms with van der Waals surface area (Å²) in [4.78, 5) is 33.6. The van der Waals surface area contributed by atoms with E-state index in [0.717, 1.165) is 24.8 Å². The molecule has 178 valence electrons. The highest BCUT2D eigenvalue weighted by Gasteiger charge is 2.32. The van der Waals surface area contributed by atoms with Gasteiger partial charge < -0.3 is 19.1 Å². The first kappa shape index (κ1) is 23.5. The SMILES string of the molecule is CCN(CC)C(=O)c1ccc(-c2noc(C3CCCCN3C(=O)COc3ccccc3)n2)cc1. The number of carbonyl (C=O) groups excluding carboxylic acids is 2. The summed E-state index contributed by atoms with van der Waals surface area (Å²) in [6.45, 7) is 5.84. The summed E-state index contributed by atoms with van der Waals surface area (Å²) in [6.07, 6.45) is 2.67. The normalized spacial score (nSPS) is 15.7. The van der Waals surface area contributed by atoms with E-state index < -0.39 is 0 Å². The largest absolute Gasteiger partial charge is 0.484 e. The third kappa shape index (κ3) is 5.27. The van der Waals surface area contributed by atoms with Crippen LogP contribution in [0.15, 0.2) is 59.1 Å². The van der Waals surface area contributed by atoms with Crippen LogP contribution in [-0.2, 0) is 4.79 Å². The second kappa shape index (κ2) is 11.0. The highest BCUT2D eigenvalue weighted by molar-refractivity contribution is 5.94. The molecule has 0 bridgehead atoms. The van der Waals surface area contributed by atoms with Gasteiger partial charge in [0.05, 0.1) is 0 Å². The molecule has 1 fully saturated rings. The van der Waals surface area contributed by atoms with Gasteiger partial charge in [-0.3, -0.25) is 9.59 Å². The average Bonchev–Trinajstić information content (AvgIpc) is 3.39. The zero-order valence-corrected chi connectivity index (χ0v) is 19.6. The molecule has 0 spiro atoms. The van der Waals surface area contributed by atoms with Crippen molar-refractivity contribution in [1.82, 2.24) is 19.9 Å². The van der Waals surface area contributed by atoms with E-state index in [1.165, 1.54) is 0 Å². The highest BCUT2D eigenvalue weighted by Crippen LogP contribution is 2.31. The summed E-state index contributed by atoms with van der Waals surface area (Å²) in [6, 6.07) is 16.2. The third-order valence-corrected chi connectivity index (χ3v) is 6.10. The molecule has 1 atom stereocenters. The van der Waals surface area contributed by atoms with Crippen LogP contribution in [0.3, 0.4) is 0 Å². The lowest BCUT2D eigenvalue weighted by molar-refractivity contribution is -0.138. The number of aromatic nitrogens is 2. The number of ether oxygens (including phenoxy) is 1. The van der Waals surface area contributed by atoms with E-state index in [2.05, 4.69) is 10.1 Å². The van der Waals surface area contributed by atoms with E-state index in [1.807, 2.05) is 56.3 Å². The minimum atomic E-state index is -0.273. The van der Waals surface area contributed by atoms with Gasteiger partial charge in [0.2, 0.25) is 11.7 Å². The first-order chi connectivity index (χ1) is 16.6. The molecule has 3 aromatic rings. The Morgan fingerprint density at radius 1 is 1.06 bits per heavy atom. The van der Waals surface area contributed by atoms with Crippen molar-refractivity contribution < 1.29 is 18.8 Å². The van der Waals surface area contributed by atoms with Crippen molar-refractivity contribution in [3.05, 3.63) is 66.1 Å². The van der Waals surface area contributed by atoms with Crippen LogP contribution in [0.1, 0.15) is 55.4 Å². The van der Waals surface area contributed by atoms with E-state index in [1.54, 1.807) is 21.9 Å². The fourth-order valence-electron chi connectivity index (χ4n) is 4.17. The maximum absolute atomic E-state index is 12.9. The van der Waals surface area contributed by atoms with Crippen molar-refractivity contribution in [1.29, 1.82) is 0 Å². The molecule has 4 rings (SSSR count). The summed E-state index contributed by atoms with van der Waals surface area (Å²) < 4.78 is 11.2. The number of amides is 2. The molecule has 1 unspecified atom stereocenters. The van der Waals surface area contributed by atoms with Gasteiger partial charge in [-0.2, -0.15) is 4.98 Å². The number of carbonyl (C=O) groups is 2. The molecule has 34 heavy (non-hydrogen) atoms. The first-order valence-electron chi connectivity index (χ1n) is 11.8. The Balaban J connectivity index is 1.45. The van der Waals surface area contributed by atoms with Gasteiger partial charge in [-0.05, 0) is 57.4 Å². The second-order valence-corrected chi connectivity index (χ2v) is 8.21. The molecule has 2 heterocycles. The molecule has 0 saturated carbocycles. The third-order valence-electron chi connectivity index (χ3n) is 6.10. The van der Waals surface area contributed by atoms with Gasteiger partial charge in [0, 0.05) is 30.8 Å². The number of likely N-dealkylation sites (tertiary alicyclic amines) is 1. The predicted octanol–water partition coefficient (Wildman–Crippen LogP) is 4.35. The Labute approximate surface area is 199 Å². The Morgan fingerprint density at radius 2 is 1.79 bits per heavy atom. The van der Waals surface area contributed by atoms with Crippen LogP contribution in [0, 0.1) is 0 Å². The maximum Gasteiger partial charge on any atom is 0.261 e. The van der Waals surface area contributed by atoms with E-state index in [9.17, 15) is 9.59 Å². The minimum absolute atomic E-state index is 0.000525. The van der Waals surface area contributed by atoms with Crippen molar-refractivity contribution in [3.63, 3.8) is 0 Å². The van der Waals surface area contributed by atoms with Gasteiger partial charge in [0.25, 0.3) is 11.8 Å². The summed E-state index contributed by atoms with van der Waals surface area (Å²) in [7, 11) is 0. The van der Waals surface area contributed by atoms with Gasteiger partial charge in [-0.15, -0.1) is 0 Å². The molecular formula is C26H30N4O4. The average molecular weight is 463 g/mol. The lowest BCUT2D eigenvalue weighted by Gasteiger charge is -2.33. The van der Waals surface area contributed by atoms with Crippen LogP contribution in [-0.4, -0.2) is 58.0 Å². The van der Waals surface area contributed by atoms with Crippen LogP contribution < -0.4 is 4.74 Å². The van der Waals surface area contributed by atoms with Gasteiger partial charge in [-0.25, -0.2) is 0 Å².